The van der Waals surface area contributed by atoms with Crippen molar-refractivity contribution in [3.8, 4) is 0 Å². The Labute approximate surface area is 74.8 Å². The molecule has 1 aliphatic heterocycles. The van der Waals surface area contributed by atoms with Gasteiger partial charge >= 0.3 is 0 Å². The van der Waals surface area contributed by atoms with Gasteiger partial charge in [0, 0.05) is 25.2 Å². The quantitative estimate of drug-likeness (QED) is 0.631. The molecule has 3 heteroatoms. The molecule has 1 heterocycles. The van der Waals surface area contributed by atoms with Gasteiger partial charge in [-0.05, 0) is 19.9 Å². The molecule has 1 saturated heterocycles. The zero-order chi connectivity index (χ0) is 8.97. The highest BCUT2D eigenvalue weighted by atomic mass is 16.3. The summed E-state index contributed by atoms with van der Waals surface area (Å²) in [5.74, 6) is 0. The number of hydrogen-bond acceptors (Lipinski definition) is 3. The number of nitrogens with one attached hydrogen (secondary N) is 1. The predicted molar refractivity (Wildman–Crippen MR) is 50.2 cm³/mol. The molecule has 72 valence electrons. The minimum atomic E-state index is 0.278. The Balaban J connectivity index is 2.40. The molecule has 0 aromatic heterocycles. The first kappa shape index (κ1) is 9.96. The van der Waals surface area contributed by atoms with Crippen LogP contribution in [-0.4, -0.2) is 48.3 Å². The molecule has 3 nitrogen and oxygen atoms in total. The van der Waals surface area contributed by atoms with Crippen LogP contribution >= 0.6 is 0 Å². The lowest BCUT2D eigenvalue weighted by atomic mass is 10.1. The van der Waals surface area contributed by atoms with E-state index in [1.54, 1.807) is 0 Å². The maximum absolute atomic E-state index is 9.09. The highest BCUT2D eigenvalue weighted by Crippen LogP contribution is 2.06. The lowest BCUT2D eigenvalue weighted by Crippen LogP contribution is -2.56. The van der Waals surface area contributed by atoms with Crippen molar-refractivity contribution in [1.82, 2.24) is 10.2 Å². The summed E-state index contributed by atoms with van der Waals surface area (Å²) < 4.78 is 0. The number of piperazine rings is 1. The van der Waals surface area contributed by atoms with Crippen molar-refractivity contribution in [1.29, 1.82) is 0 Å². The maximum Gasteiger partial charge on any atom is 0.0599 e. The molecule has 0 aliphatic carbocycles. The fourth-order valence-electron chi connectivity index (χ4n) is 1.77. The van der Waals surface area contributed by atoms with Gasteiger partial charge in [0.15, 0.2) is 0 Å². The van der Waals surface area contributed by atoms with Crippen molar-refractivity contribution >= 4 is 0 Å². The second-order valence-corrected chi connectivity index (χ2v) is 3.64. The van der Waals surface area contributed by atoms with Gasteiger partial charge in [-0.15, -0.1) is 0 Å². The molecule has 0 aromatic carbocycles. The van der Waals surface area contributed by atoms with Gasteiger partial charge in [-0.1, -0.05) is 6.92 Å². The standard InChI is InChI=1S/C9H20N2O/c1-3-4-11-6-8(2)10-5-9(11)7-12/h8-10,12H,3-7H2,1-2H3. The molecule has 0 amide bonds. The summed E-state index contributed by atoms with van der Waals surface area (Å²) in [4.78, 5) is 2.38. The van der Waals surface area contributed by atoms with E-state index < -0.39 is 0 Å². The van der Waals surface area contributed by atoms with Crippen LogP contribution in [0.25, 0.3) is 0 Å². The molecule has 1 aliphatic rings. The summed E-state index contributed by atoms with van der Waals surface area (Å²) in [5.41, 5.74) is 0. The van der Waals surface area contributed by atoms with Gasteiger partial charge in [0.25, 0.3) is 0 Å². The third-order valence-corrected chi connectivity index (χ3v) is 2.45. The molecule has 1 fully saturated rings. The third kappa shape index (κ3) is 2.44. The third-order valence-electron chi connectivity index (χ3n) is 2.45. The number of aliphatic hydroxyl groups is 1. The number of rotatable bonds is 3. The maximum atomic E-state index is 9.09. The Morgan fingerprint density at radius 2 is 2.33 bits per heavy atom. The number of nitrogens with zero attached hydrogens (tertiary/aromatic N) is 1. The summed E-state index contributed by atoms with van der Waals surface area (Å²) in [6.07, 6.45) is 1.17. The highest BCUT2D eigenvalue weighted by Gasteiger charge is 2.23. The monoisotopic (exact) mass is 172 g/mol. The molecule has 12 heavy (non-hydrogen) atoms. The van der Waals surface area contributed by atoms with E-state index in [1.807, 2.05) is 0 Å². The van der Waals surface area contributed by atoms with Crippen molar-refractivity contribution in [2.24, 2.45) is 0 Å². The van der Waals surface area contributed by atoms with Gasteiger partial charge in [-0.3, -0.25) is 4.90 Å². The van der Waals surface area contributed by atoms with Crippen molar-refractivity contribution < 1.29 is 5.11 Å². The van der Waals surface area contributed by atoms with E-state index in [9.17, 15) is 0 Å². The SMILES string of the molecule is CCCN1CC(C)NCC1CO. The van der Waals surface area contributed by atoms with Crippen LogP contribution < -0.4 is 5.32 Å². The predicted octanol–water partition coefficient (Wildman–Crippen LogP) is 0.0510. The van der Waals surface area contributed by atoms with Gasteiger partial charge in [-0.25, -0.2) is 0 Å². The second kappa shape index (κ2) is 4.80. The first-order valence-electron chi connectivity index (χ1n) is 4.86. The van der Waals surface area contributed by atoms with Gasteiger partial charge in [0.1, 0.15) is 0 Å². The molecule has 2 unspecified atom stereocenters. The van der Waals surface area contributed by atoms with Gasteiger partial charge < -0.3 is 10.4 Å². The van der Waals surface area contributed by atoms with Crippen LogP contribution in [0.5, 0.6) is 0 Å². The van der Waals surface area contributed by atoms with Crippen molar-refractivity contribution in [2.75, 3.05) is 26.2 Å². The van der Waals surface area contributed by atoms with Crippen molar-refractivity contribution in [2.45, 2.75) is 32.4 Å². The van der Waals surface area contributed by atoms with Crippen LogP contribution in [0.3, 0.4) is 0 Å². The Morgan fingerprint density at radius 3 is 2.92 bits per heavy atom. The Kier molecular flexibility index (Phi) is 3.98. The van der Waals surface area contributed by atoms with E-state index in [2.05, 4.69) is 24.1 Å². The van der Waals surface area contributed by atoms with Crippen LogP contribution in [0.1, 0.15) is 20.3 Å². The summed E-state index contributed by atoms with van der Waals surface area (Å²) in [5, 5.41) is 12.5. The van der Waals surface area contributed by atoms with Crippen LogP contribution in [-0.2, 0) is 0 Å². The van der Waals surface area contributed by atoms with E-state index in [1.165, 1.54) is 6.42 Å². The first-order chi connectivity index (χ1) is 5.77. The summed E-state index contributed by atoms with van der Waals surface area (Å²) >= 11 is 0. The molecule has 1 rings (SSSR count). The topological polar surface area (TPSA) is 35.5 Å². The highest BCUT2D eigenvalue weighted by molar-refractivity contribution is 4.83. The zero-order valence-corrected chi connectivity index (χ0v) is 8.08. The number of aliphatic hydroxyl groups excluding tert-OH is 1. The molecule has 2 atom stereocenters. The average molecular weight is 172 g/mol. The van der Waals surface area contributed by atoms with Gasteiger partial charge in [0.05, 0.1) is 6.61 Å². The second-order valence-electron chi connectivity index (χ2n) is 3.64. The largest absolute Gasteiger partial charge is 0.395 e. The molecular weight excluding hydrogens is 152 g/mol. The normalized spacial score (nSPS) is 32.2. The zero-order valence-electron chi connectivity index (χ0n) is 8.08. The Hall–Kier alpha value is -0.120. The molecular formula is C9H20N2O. The van der Waals surface area contributed by atoms with Gasteiger partial charge in [-0.2, -0.15) is 0 Å². The summed E-state index contributed by atoms with van der Waals surface area (Å²) in [6.45, 7) is 7.76. The van der Waals surface area contributed by atoms with Crippen LogP contribution in [0, 0.1) is 0 Å². The molecule has 0 saturated carbocycles. The van der Waals surface area contributed by atoms with Crippen LogP contribution in [0.15, 0.2) is 0 Å². The molecule has 0 aromatic rings. The van der Waals surface area contributed by atoms with E-state index in [-0.39, 0.29) is 6.61 Å². The van der Waals surface area contributed by atoms with E-state index in [0.29, 0.717) is 12.1 Å². The Bertz CT molecular complexity index is 130. The minimum absolute atomic E-state index is 0.278. The summed E-state index contributed by atoms with van der Waals surface area (Å²) in [7, 11) is 0. The number of hydrogen-bond donors (Lipinski definition) is 2. The first-order valence-corrected chi connectivity index (χ1v) is 4.86. The van der Waals surface area contributed by atoms with Gasteiger partial charge in [0.2, 0.25) is 0 Å². The molecule has 0 bridgehead atoms. The average Bonchev–Trinajstić information content (AvgIpc) is 2.05. The molecule has 0 radical (unpaired) electrons. The fourth-order valence-corrected chi connectivity index (χ4v) is 1.77. The van der Waals surface area contributed by atoms with Crippen LogP contribution in [0.2, 0.25) is 0 Å². The fraction of sp³-hybridized carbons (Fsp3) is 1.00. The Morgan fingerprint density at radius 1 is 1.58 bits per heavy atom. The molecule has 0 spiro atoms. The minimum Gasteiger partial charge on any atom is -0.395 e. The van der Waals surface area contributed by atoms with E-state index in [4.69, 9.17) is 5.11 Å². The van der Waals surface area contributed by atoms with E-state index >= 15 is 0 Å². The summed E-state index contributed by atoms with van der Waals surface area (Å²) in [6, 6.07) is 0.903. The van der Waals surface area contributed by atoms with Crippen molar-refractivity contribution in [3.05, 3.63) is 0 Å². The smallest absolute Gasteiger partial charge is 0.0599 e. The van der Waals surface area contributed by atoms with Crippen molar-refractivity contribution in [3.63, 3.8) is 0 Å². The molecule has 2 N–H and O–H groups in total. The van der Waals surface area contributed by atoms with E-state index in [0.717, 1.165) is 19.6 Å². The lowest BCUT2D eigenvalue weighted by molar-refractivity contribution is 0.0843. The van der Waals surface area contributed by atoms with Crippen LogP contribution in [0.4, 0.5) is 0 Å². The lowest BCUT2D eigenvalue weighted by Gasteiger charge is -2.38.